The highest BCUT2D eigenvalue weighted by atomic mass is 16.5. The van der Waals surface area contributed by atoms with Crippen LogP contribution >= 0.6 is 0 Å². The average molecular weight is 218 g/mol. The number of rotatable bonds is 3. The number of hydrogen-bond acceptors (Lipinski definition) is 3. The molecule has 3 heteroatoms. The van der Waals surface area contributed by atoms with E-state index in [9.17, 15) is 4.79 Å². The van der Waals surface area contributed by atoms with E-state index in [2.05, 4.69) is 6.92 Å². The van der Waals surface area contributed by atoms with Crippen LogP contribution in [0.2, 0.25) is 0 Å². The molecule has 3 nitrogen and oxygen atoms in total. The summed E-state index contributed by atoms with van der Waals surface area (Å²) in [6.07, 6.45) is 1.87. The number of hydrogen-bond donors (Lipinski definition) is 0. The Kier molecular flexibility index (Phi) is 2.95. The van der Waals surface area contributed by atoms with Crippen LogP contribution < -0.4 is 10.4 Å². The third-order valence-corrected chi connectivity index (χ3v) is 2.56. The molecule has 16 heavy (non-hydrogen) atoms. The molecule has 2 aromatic rings. The van der Waals surface area contributed by atoms with Gasteiger partial charge >= 0.3 is 5.63 Å². The zero-order valence-electron chi connectivity index (χ0n) is 9.45. The van der Waals surface area contributed by atoms with Crippen LogP contribution in [0.3, 0.4) is 0 Å². The zero-order chi connectivity index (χ0) is 11.5. The Morgan fingerprint density at radius 3 is 2.88 bits per heavy atom. The van der Waals surface area contributed by atoms with Gasteiger partial charge in [-0.25, -0.2) is 4.79 Å². The van der Waals surface area contributed by atoms with Gasteiger partial charge in [0.1, 0.15) is 0 Å². The van der Waals surface area contributed by atoms with Crippen LogP contribution in [-0.2, 0) is 6.42 Å². The summed E-state index contributed by atoms with van der Waals surface area (Å²) in [5.74, 6) is 0.604. The lowest BCUT2D eigenvalue weighted by atomic mass is 10.1. The van der Waals surface area contributed by atoms with E-state index in [1.165, 1.54) is 0 Å². The molecule has 2 rings (SSSR count). The van der Waals surface area contributed by atoms with Crippen molar-refractivity contribution in [2.45, 2.75) is 19.8 Å². The Morgan fingerprint density at radius 1 is 1.38 bits per heavy atom. The number of fused-ring (bicyclic) bond motifs is 1. The Morgan fingerprint density at radius 2 is 2.19 bits per heavy atom. The van der Waals surface area contributed by atoms with Crippen molar-refractivity contribution in [2.75, 3.05) is 7.11 Å². The Bertz CT molecular complexity index is 555. The number of benzene rings is 1. The molecule has 84 valence electrons. The predicted molar refractivity (Wildman–Crippen MR) is 63.0 cm³/mol. The lowest BCUT2D eigenvalue weighted by Gasteiger charge is -2.06. The van der Waals surface area contributed by atoms with Gasteiger partial charge in [-0.05, 0) is 18.1 Å². The second kappa shape index (κ2) is 4.39. The normalized spacial score (nSPS) is 10.6. The first-order valence-electron chi connectivity index (χ1n) is 5.36. The first kappa shape index (κ1) is 10.7. The first-order valence-corrected chi connectivity index (χ1v) is 5.36. The summed E-state index contributed by atoms with van der Waals surface area (Å²) in [5.41, 5.74) is 1.24. The van der Waals surface area contributed by atoms with E-state index in [0.717, 1.165) is 23.8 Å². The van der Waals surface area contributed by atoms with Gasteiger partial charge in [0.05, 0.1) is 7.11 Å². The van der Waals surface area contributed by atoms with Crippen molar-refractivity contribution in [3.63, 3.8) is 0 Å². The maximum atomic E-state index is 11.4. The number of aryl methyl sites for hydroxylation is 1. The van der Waals surface area contributed by atoms with Gasteiger partial charge in [-0.3, -0.25) is 0 Å². The minimum absolute atomic E-state index is 0.319. The van der Waals surface area contributed by atoms with Crippen molar-refractivity contribution < 1.29 is 9.15 Å². The van der Waals surface area contributed by atoms with E-state index >= 15 is 0 Å². The summed E-state index contributed by atoms with van der Waals surface area (Å²) in [6.45, 7) is 2.08. The second-order valence-corrected chi connectivity index (χ2v) is 3.68. The van der Waals surface area contributed by atoms with Crippen molar-refractivity contribution in [1.29, 1.82) is 0 Å². The van der Waals surface area contributed by atoms with Crippen LogP contribution in [0, 0.1) is 0 Å². The molecule has 0 saturated carbocycles. The van der Waals surface area contributed by atoms with Gasteiger partial charge in [0.25, 0.3) is 0 Å². The summed E-state index contributed by atoms with van der Waals surface area (Å²) in [6, 6.07) is 7.21. The highest BCUT2D eigenvalue weighted by Crippen LogP contribution is 2.26. The quantitative estimate of drug-likeness (QED) is 0.743. The Hall–Kier alpha value is -1.77. The lowest BCUT2D eigenvalue weighted by Crippen LogP contribution is -2.01. The van der Waals surface area contributed by atoms with E-state index in [1.807, 2.05) is 12.1 Å². The summed E-state index contributed by atoms with van der Waals surface area (Å²) in [4.78, 5) is 11.4. The van der Waals surface area contributed by atoms with Crippen LogP contribution in [0.4, 0.5) is 0 Å². The third kappa shape index (κ3) is 1.81. The van der Waals surface area contributed by atoms with E-state index in [-0.39, 0.29) is 5.63 Å². The standard InChI is InChI=1S/C13H14O3/c1-3-5-9-8-12(14)16-13-10(9)6-4-7-11(13)15-2/h4,6-8H,3,5H2,1-2H3. The van der Waals surface area contributed by atoms with Crippen LogP contribution in [0.15, 0.2) is 33.5 Å². The van der Waals surface area contributed by atoms with Gasteiger partial charge in [-0.1, -0.05) is 25.5 Å². The Balaban J connectivity index is 2.77. The van der Waals surface area contributed by atoms with Gasteiger partial charge in [0, 0.05) is 11.5 Å². The molecule has 0 amide bonds. The fourth-order valence-corrected chi connectivity index (χ4v) is 1.86. The largest absolute Gasteiger partial charge is 0.493 e. The van der Waals surface area contributed by atoms with E-state index in [1.54, 1.807) is 19.2 Å². The van der Waals surface area contributed by atoms with Gasteiger partial charge in [0.2, 0.25) is 0 Å². The summed E-state index contributed by atoms with van der Waals surface area (Å²) in [5, 5.41) is 0.959. The number of para-hydroxylation sites is 1. The molecule has 1 heterocycles. The second-order valence-electron chi connectivity index (χ2n) is 3.68. The molecule has 0 N–H and O–H groups in total. The zero-order valence-corrected chi connectivity index (χ0v) is 9.45. The first-order chi connectivity index (χ1) is 7.76. The van der Waals surface area contributed by atoms with Crippen molar-refractivity contribution in [2.24, 2.45) is 0 Å². The van der Waals surface area contributed by atoms with E-state index in [4.69, 9.17) is 9.15 Å². The van der Waals surface area contributed by atoms with E-state index < -0.39 is 0 Å². The minimum Gasteiger partial charge on any atom is -0.493 e. The van der Waals surface area contributed by atoms with Crippen molar-refractivity contribution >= 4 is 11.0 Å². The van der Waals surface area contributed by atoms with Crippen LogP contribution in [0.25, 0.3) is 11.0 Å². The molecule has 0 fully saturated rings. The molecule has 0 atom stereocenters. The molecule has 0 aliphatic carbocycles. The van der Waals surface area contributed by atoms with Gasteiger partial charge < -0.3 is 9.15 Å². The molecule has 0 radical (unpaired) electrons. The van der Waals surface area contributed by atoms with Crippen LogP contribution in [-0.4, -0.2) is 7.11 Å². The fraction of sp³-hybridized carbons (Fsp3) is 0.308. The van der Waals surface area contributed by atoms with Gasteiger partial charge in [-0.15, -0.1) is 0 Å². The SMILES string of the molecule is CCCc1cc(=O)oc2c(OC)cccc12. The van der Waals surface area contributed by atoms with Crippen LogP contribution in [0.1, 0.15) is 18.9 Å². The summed E-state index contributed by atoms with van der Waals surface area (Å²) in [7, 11) is 1.57. The smallest absolute Gasteiger partial charge is 0.336 e. The highest BCUT2D eigenvalue weighted by molar-refractivity contribution is 5.85. The molecule has 0 unspecified atom stereocenters. The summed E-state index contributed by atoms with van der Waals surface area (Å²) >= 11 is 0. The van der Waals surface area contributed by atoms with E-state index in [0.29, 0.717) is 11.3 Å². The maximum absolute atomic E-state index is 11.4. The molecule has 0 saturated heterocycles. The lowest BCUT2D eigenvalue weighted by molar-refractivity contribution is 0.406. The molecular formula is C13H14O3. The molecule has 1 aromatic carbocycles. The van der Waals surface area contributed by atoms with Gasteiger partial charge in [0.15, 0.2) is 11.3 Å². The maximum Gasteiger partial charge on any atom is 0.336 e. The highest BCUT2D eigenvalue weighted by Gasteiger charge is 2.08. The predicted octanol–water partition coefficient (Wildman–Crippen LogP) is 2.75. The molecule has 0 aliphatic heterocycles. The molecule has 0 aliphatic rings. The minimum atomic E-state index is -0.319. The summed E-state index contributed by atoms with van der Waals surface area (Å²) < 4.78 is 10.4. The van der Waals surface area contributed by atoms with Crippen molar-refractivity contribution in [3.05, 3.63) is 40.2 Å². The number of ether oxygens (including phenoxy) is 1. The molecule has 0 spiro atoms. The fourth-order valence-electron chi connectivity index (χ4n) is 1.86. The van der Waals surface area contributed by atoms with Crippen molar-refractivity contribution in [1.82, 2.24) is 0 Å². The van der Waals surface area contributed by atoms with Crippen LogP contribution in [0.5, 0.6) is 5.75 Å². The third-order valence-electron chi connectivity index (χ3n) is 2.56. The molecular weight excluding hydrogens is 204 g/mol. The topological polar surface area (TPSA) is 39.4 Å². The average Bonchev–Trinajstić information content (AvgIpc) is 2.28. The molecule has 0 bridgehead atoms. The monoisotopic (exact) mass is 218 g/mol. The van der Waals surface area contributed by atoms with Crippen molar-refractivity contribution in [3.8, 4) is 5.75 Å². The molecule has 1 aromatic heterocycles. The number of methoxy groups -OCH3 is 1. The van der Waals surface area contributed by atoms with Gasteiger partial charge in [-0.2, -0.15) is 0 Å². The Labute approximate surface area is 93.7 Å².